The summed E-state index contributed by atoms with van der Waals surface area (Å²) in [6.07, 6.45) is 1.29. The quantitative estimate of drug-likeness (QED) is 0.783. The van der Waals surface area contributed by atoms with E-state index in [0.717, 1.165) is 5.56 Å². The zero-order chi connectivity index (χ0) is 15.2. The van der Waals surface area contributed by atoms with Gasteiger partial charge in [-0.2, -0.15) is 0 Å². The van der Waals surface area contributed by atoms with Crippen molar-refractivity contribution >= 4 is 29.1 Å². The first-order valence-electron chi connectivity index (χ1n) is 6.42. The van der Waals surface area contributed by atoms with Crippen molar-refractivity contribution in [3.8, 4) is 0 Å². The first kappa shape index (κ1) is 15.1. The number of nitrogens with zero attached hydrogens (tertiary/aromatic N) is 2. The SMILES string of the molecule is CC(Nc1ncnc(N)c1Cl)C(=O)NCc1ccccc1. The van der Waals surface area contributed by atoms with Gasteiger partial charge >= 0.3 is 0 Å². The van der Waals surface area contributed by atoms with Crippen LogP contribution < -0.4 is 16.4 Å². The molecule has 0 aliphatic heterocycles. The lowest BCUT2D eigenvalue weighted by molar-refractivity contribution is -0.121. The van der Waals surface area contributed by atoms with E-state index in [1.54, 1.807) is 6.92 Å². The minimum Gasteiger partial charge on any atom is -0.382 e. The lowest BCUT2D eigenvalue weighted by Gasteiger charge is -2.15. The molecule has 2 rings (SSSR count). The summed E-state index contributed by atoms with van der Waals surface area (Å²) in [6, 6.07) is 9.16. The molecule has 0 bridgehead atoms. The second kappa shape index (κ2) is 6.90. The molecule has 21 heavy (non-hydrogen) atoms. The third-order valence-corrected chi connectivity index (χ3v) is 3.25. The number of hydrogen-bond acceptors (Lipinski definition) is 5. The molecule has 1 unspecified atom stereocenters. The number of aromatic nitrogens is 2. The number of benzene rings is 1. The summed E-state index contributed by atoms with van der Waals surface area (Å²) in [6.45, 7) is 2.18. The van der Waals surface area contributed by atoms with Gasteiger partial charge in [-0.1, -0.05) is 41.9 Å². The smallest absolute Gasteiger partial charge is 0.242 e. The van der Waals surface area contributed by atoms with E-state index in [4.69, 9.17) is 17.3 Å². The maximum atomic E-state index is 12.0. The molecule has 0 aliphatic rings. The molecule has 1 atom stereocenters. The lowest BCUT2D eigenvalue weighted by atomic mass is 10.2. The molecule has 2 aromatic rings. The largest absolute Gasteiger partial charge is 0.382 e. The zero-order valence-corrected chi connectivity index (χ0v) is 12.3. The Hall–Kier alpha value is -2.34. The van der Waals surface area contributed by atoms with E-state index in [-0.39, 0.29) is 16.7 Å². The van der Waals surface area contributed by atoms with Crippen LogP contribution in [0, 0.1) is 0 Å². The zero-order valence-electron chi connectivity index (χ0n) is 11.5. The topological polar surface area (TPSA) is 92.9 Å². The highest BCUT2D eigenvalue weighted by Gasteiger charge is 2.15. The molecule has 7 heteroatoms. The maximum absolute atomic E-state index is 12.0. The van der Waals surface area contributed by atoms with Crippen LogP contribution in [-0.4, -0.2) is 21.9 Å². The molecule has 0 fully saturated rings. The van der Waals surface area contributed by atoms with Crippen LogP contribution in [0.1, 0.15) is 12.5 Å². The van der Waals surface area contributed by atoms with Gasteiger partial charge in [-0.25, -0.2) is 9.97 Å². The van der Waals surface area contributed by atoms with E-state index < -0.39 is 6.04 Å². The Balaban J connectivity index is 1.92. The molecule has 0 spiro atoms. The predicted molar refractivity (Wildman–Crippen MR) is 82.8 cm³/mol. The van der Waals surface area contributed by atoms with E-state index in [1.165, 1.54) is 6.33 Å². The van der Waals surface area contributed by atoms with E-state index in [2.05, 4.69) is 20.6 Å². The normalized spacial score (nSPS) is 11.7. The van der Waals surface area contributed by atoms with E-state index in [9.17, 15) is 4.79 Å². The van der Waals surface area contributed by atoms with Crippen LogP contribution in [-0.2, 0) is 11.3 Å². The van der Waals surface area contributed by atoms with Gasteiger partial charge in [0.25, 0.3) is 0 Å². The molecule has 0 aliphatic carbocycles. The number of rotatable bonds is 5. The third-order valence-electron chi connectivity index (χ3n) is 2.87. The fraction of sp³-hybridized carbons (Fsp3) is 0.214. The summed E-state index contributed by atoms with van der Waals surface area (Å²) in [7, 11) is 0. The van der Waals surface area contributed by atoms with Gasteiger partial charge in [0.15, 0.2) is 5.82 Å². The van der Waals surface area contributed by atoms with Crippen molar-refractivity contribution in [3.05, 3.63) is 47.2 Å². The van der Waals surface area contributed by atoms with Crippen molar-refractivity contribution in [1.82, 2.24) is 15.3 Å². The highest BCUT2D eigenvalue weighted by Crippen LogP contribution is 2.23. The van der Waals surface area contributed by atoms with Crippen LogP contribution in [0.4, 0.5) is 11.6 Å². The molecule has 1 aromatic heterocycles. The Morgan fingerprint density at radius 1 is 1.33 bits per heavy atom. The van der Waals surface area contributed by atoms with Crippen molar-refractivity contribution in [2.24, 2.45) is 0 Å². The average Bonchev–Trinajstić information content (AvgIpc) is 2.50. The van der Waals surface area contributed by atoms with Crippen LogP contribution in [0.15, 0.2) is 36.7 Å². The highest BCUT2D eigenvalue weighted by atomic mass is 35.5. The molecular weight excluding hydrogens is 290 g/mol. The molecular formula is C14H16ClN5O. The summed E-state index contributed by atoms with van der Waals surface area (Å²) in [5, 5.41) is 5.95. The molecule has 0 saturated heterocycles. The number of nitrogen functional groups attached to an aromatic ring is 1. The van der Waals surface area contributed by atoms with Gasteiger partial charge in [0.05, 0.1) is 0 Å². The van der Waals surface area contributed by atoms with Crippen LogP contribution >= 0.6 is 11.6 Å². The number of anilines is 2. The third kappa shape index (κ3) is 4.06. The molecule has 4 N–H and O–H groups in total. The van der Waals surface area contributed by atoms with E-state index >= 15 is 0 Å². The second-order valence-electron chi connectivity index (χ2n) is 4.49. The van der Waals surface area contributed by atoms with Crippen molar-refractivity contribution in [2.75, 3.05) is 11.1 Å². The average molecular weight is 306 g/mol. The van der Waals surface area contributed by atoms with E-state index in [0.29, 0.717) is 12.4 Å². The van der Waals surface area contributed by atoms with Gasteiger partial charge in [-0.05, 0) is 12.5 Å². The number of amides is 1. The van der Waals surface area contributed by atoms with Crippen LogP contribution in [0.5, 0.6) is 0 Å². The van der Waals surface area contributed by atoms with Gasteiger partial charge in [-0.3, -0.25) is 4.79 Å². The molecule has 110 valence electrons. The van der Waals surface area contributed by atoms with Gasteiger partial charge in [0.1, 0.15) is 23.2 Å². The first-order valence-corrected chi connectivity index (χ1v) is 6.80. The summed E-state index contributed by atoms with van der Waals surface area (Å²) in [4.78, 5) is 19.8. The predicted octanol–water partition coefficient (Wildman–Crippen LogP) is 1.83. The number of nitrogens with two attached hydrogens (primary N) is 1. The van der Waals surface area contributed by atoms with Gasteiger partial charge in [-0.15, -0.1) is 0 Å². The van der Waals surface area contributed by atoms with Crippen molar-refractivity contribution in [1.29, 1.82) is 0 Å². The Bertz CT molecular complexity index is 620. The van der Waals surface area contributed by atoms with Crippen molar-refractivity contribution in [3.63, 3.8) is 0 Å². The first-order chi connectivity index (χ1) is 10.1. The van der Waals surface area contributed by atoms with Crippen molar-refractivity contribution < 1.29 is 4.79 Å². The second-order valence-corrected chi connectivity index (χ2v) is 4.87. The Morgan fingerprint density at radius 2 is 2.05 bits per heavy atom. The number of hydrogen-bond donors (Lipinski definition) is 3. The fourth-order valence-electron chi connectivity index (χ4n) is 1.69. The minimum absolute atomic E-state index is 0.160. The molecule has 1 amide bonds. The Labute approximate surface area is 127 Å². The van der Waals surface area contributed by atoms with Crippen LogP contribution in [0.3, 0.4) is 0 Å². The molecule has 0 saturated carbocycles. The molecule has 6 nitrogen and oxygen atoms in total. The van der Waals surface area contributed by atoms with Crippen LogP contribution in [0.2, 0.25) is 5.02 Å². The summed E-state index contributed by atoms with van der Waals surface area (Å²) in [5.41, 5.74) is 6.61. The number of nitrogens with one attached hydrogen (secondary N) is 2. The number of carbonyl (C=O) groups excluding carboxylic acids is 1. The van der Waals surface area contributed by atoms with Gasteiger partial charge < -0.3 is 16.4 Å². The number of carbonyl (C=O) groups is 1. The van der Waals surface area contributed by atoms with E-state index in [1.807, 2.05) is 30.3 Å². The standard InChI is InChI=1S/C14H16ClN5O/c1-9(20-13-11(15)12(16)18-8-19-13)14(21)17-7-10-5-3-2-4-6-10/h2-6,8-9H,7H2,1H3,(H,17,21)(H3,16,18,19,20). The van der Waals surface area contributed by atoms with Crippen LogP contribution in [0.25, 0.3) is 0 Å². The Morgan fingerprint density at radius 3 is 2.76 bits per heavy atom. The lowest BCUT2D eigenvalue weighted by Crippen LogP contribution is -2.37. The Kier molecular flexibility index (Phi) is 4.94. The number of halogens is 1. The van der Waals surface area contributed by atoms with Crippen molar-refractivity contribution in [2.45, 2.75) is 19.5 Å². The summed E-state index contributed by atoms with van der Waals surface area (Å²) in [5.74, 6) is 0.352. The molecule has 0 radical (unpaired) electrons. The fourth-order valence-corrected chi connectivity index (χ4v) is 1.84. The summed E-state index contributed by atoms with van der Waals surface area (Å²) >= 11 is 5.97. The maximum Gasteiger partial charge on any atom is 0.242 e. The molecule has 1 heterocycles. The minimum atomic E-state index is -0.500. The van der Waals surface area contributed by atoms with Gasteiger partial charge in [0.2, 0.25) is 5.91 Å². The highest BCUT2D eigenvalue weighted by molar-refractivity contribution is 6.35. The molecule has 1 aromatic carbocycles. The monoisotopic (exact) mass is 305 g/mol. The summed E-state index contributed by atoms with van der Waals surface area (Å²) < 4.78 is 0. The van der Waals surface area contributed by atoms with Gasteiger partial charge in [0, 0.05) is 6.54 Å².